The fraction of sp³-hybridized carbons (Fsp3) is 0.147. The van der Waals surface area contributed by atoms with Crippen LogP contribution in [0.2, 0.25) is 5.02 Å². The minimum absolute atomic E-state index is 0.378. The third kappa shape index (κ3) is 4.53. The quantitative estimate of drug-likeness (QED) is 0.214. The molecule has 0 saturated carbocycles. The molecule has 1 aromatic heterocycles. The Labute approximate surface area is 260 Å². The Morgan fingerprint density at radius 2 is 1.52 bits per heavy atom. The van der Waals surface area contributed by atoms with Crippen LogP contribution in [0.25, 0.3) is 5.69 Å². The molecule has 0 aliphatic carbocycles. The lowest BCUT2D eigenvalue weighted by Gasteiger charge is -2.40. The van der Waals surface area contributed by atoms with Gasteiger partial charge in [-0.3, -0.25) is 0 Å². The summed E-state index contributed by atoms with van der Waals surface area (Å²) >= 11 is 6.36. The van der Waals surface area contributed by atoms with Gasteiger partial charge in [0.15, 0.2) is 29.0 Å². The van der Waals surface area contributed by atoms with E-state index in [4.69, 9.17) is 40.9 Å². The number of aryl methyl sites for hydroxylation is 1. The molecular formula is C34H29ClN6O3. The van der Waals surface area contributed by atoms with Gasteiger partial charge in [-0.1, -0.05) is 48.0 Å². The highest BCUT2D eigenvalue weighted by molar-refractivity contribution is 6.51. The van der Waals surface area contributed by atoms with E-state index in [9.17, 15) is 0 Å². The molecule has 0 fully saturated rings. The van der Waals surface area contributed by atoms with Gasteiger partial charge in [0.1, 0.15) is 0 Å². The van der Waals surface area contributed by atoms with Crippen LogP contribution in [0.5, 0.6) is 17.2 Å². The minimum Gasteiger partial charge on any atom is -0.493 e. The van der Waals surface area contributed by atoms with Gasteiger partial charge in [0, 0.05) is 16.3 Å². The van der Waals surface area contributed by atoms with Gasteiger partial charge >= 0.3 is 0 Å². The first kappa shape index (κ1) is 27.5. The highest BCUT2D eigenvalue weighted by atomic mass is 35.5. The lowest BCUT2D eigenvalue weighted by Crippen LogP contribution is -2.46. The van der Waals surface area contributed by atoms with Crippen molar-refractivity contribution in [3.05, 3.63) is 113 Å². The molecular weight excluding hydrogens is 576 g/mol. The second-order valence-electron chi connectivity index (χ2n) is 10.3. The zero-order chi connectivity index (χ0) is 30.4. The average molecular weight is 605 g/mol. The number of aliphatic imine (C=N–C) groups is 2. The number of aromatic nitrogens is 2. The molecule has 44 heavy (non-hydrogen) atoms. The largest absolute Gasteiger partial charge is 0.493 e. The Balaban J connectivity index is 1.52. The van der Waals surface area contributed by atoms with Crippen LogP contribution < -0.4 is 24.4 Å². The number of methoxy groups -OCH3 is 3. The maximum atomic E-state index is 6.36. The lowest BCUT2D eigenvalue weighted by atomic mass is 9.92. The SMILES string of the molecule is COc1cc([C@H]2c3c(C)nn(-c4ccccc4)c3N=C3C(Nc4cccc(Cl)c4)=Nc4ccccc4N32)cc(OC)c1OC. The number of hydrogen-bond donors (Lipinski definition) is 1. The molecule has 0 spiro atoms. The maximum absolute atomic E-state index is 6.36. The van der Waals surface area contributed by atoms with Crippen LogP contribution in [0.3, 0.4) is 0 Å². The molecule has 0 radical (unpaired) electrons. The Kier molecular flexibility index (Phi) is 6.94. The summed E-state index contributed by atoms with van der Waals surface area (Å²) in [6, 6.07) is 29.1. The second kappa shape index (κ2) is 11.1. The summed E-state index contributed by atoms with van der Waals surface area (Å²) in [5.74, 6) is 3.54. The van der Waals surface area contributed by atoms with Crippen LogP contribution in [0.1, 0.15) is 22.9 Å². The van der Waals surface area contributed by atoms with Gasteiger partial charge in [-0.25, -0.2) is 14.7 Å². The number of fused-ring (bicyclic) bond motifs is 4. The van der Waals surface area contributed by atoms with Gasteiger partial charge < -0.3 is 24.4 Å². The van der Waals surface area contributed by atoms with E-state index >= 15 is 0 Å². The number of benzene rings is 4. The molecule has 0 amide bonds. The number of rotatable bonds is 6. The summed E-state index contributed by atoms with van der Waals surface area (Å²) in [4.78, 5) is 12.5. The maximum Gasteiger partial charge on any atom is 0.203 e. The number of amidine groups is 2. The number of para-hydroxylation sites is 3. The first-order valence-corrected chi connectivity index (χ1v) is 14.4. The number of halogens is 1. The molecule has 2 aliphatic heterocycles. The molecule has 10 heteroatoms. The van der Waals surface area contributed by atoms with Crippen molar-refractivity contribution in [1.82, 2.24) is 9.78 Å². The van der Waals surface area contributed by atoms with Gasteiger partial charge in [-0.2, -0.15) is 5.10 Å². The van der Waals surface area contributed by atoms with Crippen LogP contribution in [0.4, 0.5) is 22.9 Å². The number of nitrogens with zero attached hydrogens (tertiary/aromatic N) is 5. The molecule has 5 aromatic rings. The molecule has 0 unspecified atom stereocenters. The molecule has 7 rings (SSSR count). The topological polar surface area (TPSA) is 85.5 Å². The molecule has 1 atom stereocenters. The van der Waals surface area contributed by atoms with Crippen molar-refractivity contribution in [1.29, 1.82) is 0 Å². The Morgan fingerprint density at radius 1 is 0.795 bits per heavy atom. The molecule has 1 N–H and O–H groups in total. The summed E-state index contributed by atoms with van der Waals surface area (Å²) in [6.45, 7) is 2.01. The zero-order valence-corrected chi connectivity index (χ0v) is 25.3. The van der Waals surface area contributed by atoms with E-state index in [0.29, 0.717) is 39.8 Å². The third-order valence-corrected chi connectivity index (χ3v) is 7.96. The summed E-state index contributed by atoms with van der Waals surface area (Å²) in [5.41, 5.74) is 6.09. The Hall–Kier alpha value is -5.28. The van der Waals surface area contributed by atoms with E-state index in [0.717, 1.165) is 39.6 Å². The predicted octanol–water partition coefficient (Wildman–Crippen LogP) is 7.66. The minimum atomic E-state index is -0.378. The van der Waals surface area contributed by atoms with Gasteiger partial charge in [0.05, 0.1) is 50.1 Å². The highest BCUT2D eigenvalue weighted by Gasteiger charge is 2.42. The summed E-state index contributed by atoms with van der Waals surface area (Å²) in [6.07, 6.45) is 0. The van der Waals surface area contributed by atoms with Crippen molar-refractivity contribution >= 4 is 46.2 Å². The number of nitrogens with one attached hydrogen (secondary N) is 1. The van der Waals surface area contributed by atoms with Gasteiger partial charge in [0.2, 0.25) is 5.75 Å². The Bertz CT molecular complexity index is 1930. The van der Waals surface area contributed by atoms with Crippen molar-refractivity contribution in [2.45, 2.75) is 13.0 Å². The molecule has 9 nitrogen and oxygen atoms in total. The highest BCUT2D eigenvalue weighted by Crippen LogP contribution is 2.50. The van der Waals surface area contributed by atoms with Gasteiger partial charge in [-0.05, 0) is 67.1 Å². The standard InChI is InChI=1S/C34H29ClN6O3/c1-20-29-30(21-17-27(42-2)31(44-4)28(18-21)43-3)40-26-16-9-8-15-25(26)37-32(36-23-12-10-11-22(35)19-23)34(40)38-33(29)41(39-20)24-13-6-5-7-14-24/h5-19,30H,1-4H3,(H,36,37)/t30-/m0/s1. The number of ether oxygens (including phenoxy) is 3. The fourth-order valence-electron chi connectivity index (χ4n) is 5.82. The fourth-order valence-corrected chi connectivity index (χ4v) is 6.01. The second-order valence-corrected chi connectivity index (χ2v) is 10.8. The molecule has 220 valence electrons. The summed E-state index contributed by atoms with van der Waals surface area (Å²) in [5, 5.41) is 9.11. The van der Waals surface area contributed by atoms with Gasteiger partial charge in [-0.15, -0.1) is 0 Å². The van der Waals surface area contributed by atoms with Crippen molar-refractivity contribution in [2.24, 2.45) is 9.98 Å². The lowest BCUT2D eigenvalue weighted by molar-refractivity contribution is 0.323. The predicted molar refractivity (Wildman–Crippen MR) is 174 cm³/mol. The van der Waals surface area contributed by atoms with Crippen molar-refractivity contribution in [3.63, 3.8) is 0 Å². The van der Waals surface area contributed by atoms with E-state index in [1.807, 2.05) is 96.5 Å². The van der Waals surface area contributed by atoms with E-state index < -0.39 is 0 Å². The van der Waals surface area contributed by atoms with Crippen molar-refractivity contribution in [3.8, 4) is 22.9 Å². The number of anilines is 2. The molecule has 0 saturated heterocycles. The van der Waals surface area contributed by atoms with E-state index in [1.165, 1.54) is 0 Å². The molecule has 2 aliphatic rings. The molecule has 4 aromatic carbocycles. The van der Waals surface area contributed by atoms with E-state index in [1.54, 1.807) is 21.3 Å². The van der Waals surface area contributed by atoms with Crippen LogP contribution >= 0.6 is 11.6 Å². The third-order valence-electron chi connectivity index (χ3n) is 7.73. The summed E-state index contributed by atoms with van der Waals surface area (Å²) in [7, 11) is 4.84. The zero-order valence-electron chi connectivity index (χ0n) is 24.6. The Morgan fingerprint density at radius 3 is 2.23 bits per heavy atom. The van der Waals surface area contributed by atoms with Crippen LogP contribution in [-0.4, -0.2) is 42.8 Å². The van der Waals surface area contributed by atoms with Crippen LogP contribution in [-0.2, 0) is 0 Å². The van der Waals surface area contributed by atoms with Gasteiger partial charge in [0.25, 0.3) is 0 Å². The first-order chi connectivity index (χ1) is 21.5. The van der Waals surface area contributed by atoms with E-state index in [-0.39, 0.29) is 6.04 Å². The van der Waals surface area contributed by atoms with E-state index in [2.05, 4.69) is 16.3 Å². The van der Waals surface area contributed by atoms with Crippen molar-refractivity contribution in [2.75, 3.05) is 31.5 Å². The number of hydrogen-bond acceptors (Lipinski definition) is 8. The normalized spacial score (nSPS) is 14.9. The monoisotopic (exact) mass is 604 g/mol. The smallest absolute Gasteiger partial charge is 0.203 e. The van der Waals surface area contributed by atoms with Crippen molar-refractivity contribution < 1.29 is 14.2 Å². The van der Waals surface area contributed by atoms with Crippen LogP contribution in [0.15, 0.2) is 101 Å². The average Bonchev–Trinajstić information content (AvgIpc) is 3.39. The molecule has 0 bridgehead atoms. The van der Waals surface area contributed by atoms with Crippen LogP contribution in [0, 0.1) is 6.92 Å². The molecule has 3 heterocycles. The summed E-state index contributed by atoms with van der Waals surface area (Å²) < 4.78 is 19.1. The first-order valence-electron chi connectivity index (χ1n) is 14.0.